The largest absolute Gasteiger partial charge is 0.439 e. The molecule has 2 heterocycles. The van der Waals surface area contributed by atoms with Gasteiger partial charge < -0.3 is 9.73 Å². The molecule has 0 bridgehead atoms. The van der Waals surface area contributed by atoms with Crippen LogP contribution in [0.15, 0.2) is 27.0 Å². The summed E-state index contributed by atoms with van der Waals surface area (Å²) in [6.45, 7) is 7.07. The van der Waals surface area contributed by atoms with Crippen LogP contribution in [0.4, 0.5) is 5.82 Å². The summed E-state index contributed by atoms with van der Waals surface area (Å²) in [4.78, 5) is 13.4. The minimum absolute atomic E-state index is 0.616. The van der Waals surface area contributed by atoms with Gasteiger partial charge in [0.15, 0.2) is 0 Å². The molecule has 0 saturated carbocycles. The summed E-state index contributed by atoms with van der Waals surface area (Å²) in [7, 11) is 0. The van der Waals surface area contributed by atoms with E-state index in [1.165, 1.54) is 11.8 Å². The summed E-state index contributed by atoms with van der Waals surface area (Å²) in [6, 6.07) is 1.94. The second-order valence-corrected chi connectivity index (χ2v) is 5.51. The van der Waals surface area contributed by atoms with Crippen LogP contribution in [-0.4, -0.2) is 21.5 Å². The van der Waals surface area contributed by atoms with E-state index in [1.807, 2.05) is 13.0 Å². The first-order chi connectivity index (χ1) is 9.71. The highest BCUT2D eigenvalue weighted by atomic mass is 32.2. The zero-order valence-electron chi connectivity index (χ0n) is 12.1. The Hall–Kier alpha value is -1.56. The third kappa shape index (κ3) is 4.23. The van der Waals surface area contributed by atoms with Crippen LogP contribution in [0.25, 0.3) is 0 Å². The Kier molecular flexibility index (Phi) is 5.40. The molecule has 20 heavy (non-hydrogen) atoms. The van der Waals surface area contributed by atoms with E-state index in [4.69, 9.17) is 4.42 Å². The average molecular weight is 292 g/mol. The van der Waals surface area contributed by atoms with Gasteiger partial charge in [0.25, 0.3) is 5.22 Å². The Morgan fingerprint density at radius 2 is 2.05 bits per heavy atom. The number of hydrogen-bond donors (Lipinski definition) is 1. The van der Waals surface area contributed by atoms with E-state index in [1.54, 1.807) is 6.26 Å². The number of anilines is 1. The molecule has 0 aliphatic heterocycles. The van der Waals surface area contributed by atoms with E-state index >= 15 is 0 Å². The van der Waals surface area contributed by atoms with Crippen molar-refractivity contribution in [1.29, 1.82) is 0 Å². The summed E-state index contributed by atoms with van der Waals surface area (Å²) in [5.74, 6) is 1.73. The maximum Gasteiger partial charge on any atom is 0.262 e. The zero-order chi connectivity index (χ0) is 14.4. The van der Waals surface area contributed by atoms with E-state index in [0.29, 0.717) is 5.22 Å². The minimum atomic E-state index is 0.616. The van der Waals surface area contributed by atoms with Gasteiger partial charge in [-0.05, 0) is 31.5 Å². The Labute approximate surface area is 123 Å². The lowest BCUT2D eigenvalue weighted by Crippen LogP contribution is -2.05. The highest BCUT2D eigenvalue weighted by Crippen LogP contribution is 2.27. The maximum atomic E-state index is 5.36. The second-order valence-electron chi connectivity index (χ2n) is 4.54. The van der Waals surface area contributed by atoms with E-state index in [-0.39, 0.29) is 0 Å². The van der Waals surface area contributed by atoms with Gasteiger partial charge in [-0.2, -0.15) is 0 Å². The van der Waals surface area contributed by atoms with Gasteiger partial charge in [-0.1, -0.05) is 13.8 Å². The van der Waals surface area contributed by atoms with Crippen LogP contribution in [0.3, 0.4) is 0 Å². The van der Waals surface area contributed by atoms with Crippen LogP contribution < -0.4 is 5.32 Å². The van der Waals surface area contributed by atoms with Crippen molar-refractivity contribution in [2.45, 2.75) is 50.3 Å². The molecule has 0 aliphatic carbocycles. The van der Waals surface area contributed by atoms with Gasteiger partial charge in [0.05, 0.1) is 5.69 Å². The van der Waals surface area contributed by atoms with Crippen molar-refractivity contribution in [3.05, 3.63) is 23.8 Å². The standard InChI is InChI=1S/C14H20N4OS/c1-4-6-11-17-12(15-7-5-2)8-13(18-11)20-14-16-10(3)9-19-14/h8-9H,4-7H2,1-3H3,(H,15,17,18). The first-order valence-corrected chi connectivity index (χ1v) is 7.74. The molecule has 2 aromatic heterocycles. The van der Waals surface area contributed by atoms with Crippen LogP contribution in [0, 0.1) is 6.92 Å². The molecule has 0 atom stereocenters. The molecule has 5 nitrogen and oxygen atoms in total. The summed E-state index contributed by atoms with van der Waals surface area (Å²) in [6.07, 6.45) is 4.61. The summed E-state index contributed by atoms with van der Waals surface area (Å²) < 4.78 is 5.36. The lowest BCUT2D eigenvalue weighted by molar-refractivity contribution is 0.453. The van der Waals surface area contributed by atoms with Gasteiger partial charge in [-0.3, -0.25) is 0 Å². The van der Waals surface area contributed by atoms with Crippen LogP contribution >= 0.6 is 11.8 Å². The first-order valence-electron chi connectivity index (χ1n) is 6.93. The Bertz CT molecular complexity index is 556. The SMILES string of the molecule is CCCNc1cc(Sc2nc(C)co2)nc(CCC)n1. The van der Waals surface area contributed by atoms with Gasteiger partial charge in [-0.15, -0.1) is 0 Å². The van der Waals surface area contributed by atoms with E-state index in [2.05, 4.69) is 34.1 Å². The second kappa shape index (κ2) is 7.28. The molecule has 2 rings (SSSR count). The number of aryl methyl sites for hydroxylation is 2. The molecule has 0 spiro atoms. The molecule has 0 aliphatic rings. The number of rotatable bonds is 7. The van der Waals surface area contributed by atoms with E-state index < -0.39 is 0 Å². The predicted molar refractivity (Wildman–Crippen MR) is 80.2 cm³/mol. The molecular formula is C14H20N4OS. The molecule has 0 amide bonds. The molecule has 0 fully saturated rings. The van der Waals surface area contributed by atoms with E-state index in [9.17, 15) is 0 Å². The van der Waals surface area contributed by atoms with Crippen LogP contribution in [0.1, 0.15) is 38.2 Å². The Morgan fingerprint density at radius 3 is 2.70 bits per heavy atom. The third-order valence-corrected chi connectivity index (χ3v) is 3.35. The lowest BCUT2D eigenvalue weighted by atomic mass is 10.3. The smallest absolute Gasteiger partial charge is 0.262 e. The van der Waals surface area contributed by atoms with Crippen molar-refractivity contribution in [2.24, 2.45) is 0 Å². The topological polar surface area (TPSA) is 63.8 Å². The number of hydrogen-bond acceptors (Lipinski definition) is 6. The molecule has 0 unspecified atom stereocenters. The molecule has 0 saturated heterocycles. The Morgan fingerprint density at radius 1 is 1.20 bits per heavy atom. The summed E-state index contributed by atoms with van der Waals surface area (Å²) in [5, 5.41) is 4.79. The van der Waals surface area contributed by atoms with Crippen molar-refractivity contribution >= 4 is 17.6 Å². The molecule has 108 valence electrons. The van der Waals surface area contributed by atoms with Gasteiger partial charge in [-0.25, -0.2) is 15.0 Å². The predicted octanol–water partition coefficient (Wildman–Crippen LogP) is 3.70. The third-order valence-electron chi connectivity index (χ3n) is 2.57. The number of nitrogens with zero attached hydrogens (tertiary/aromatic N) is 3. The van der Waals surface area contributed by atoms with Crippen molar-refractivity contribution in [3.8, 4) is 0 Å². The molecular weight excluding hydrogens is 272 g/mol. The number of aromatic nitrogens is 3. The van der Waals surface area contributed by atoms with Crippen LogP contribution in [0.2, 0.25) is 0 Å². The highest BCUT2D eigenvalue weighted by Gasteiger charge is 2.09. The average Bonchev–Trinajstić information content (AvgIpc) is 2.82. The fourth-order valence-electron chi connectivity index (χ4n) is 1.67. The van der Waals surface area contributed by atoms with Crippen molar-refractivity contribution in [2.75, 3.05) is 11.9 Å². The number of oxazole rings is 1. The molecule has 0 aromatic carbocycles. The lowest BCUT2D eigenvalue weighted by Gasteiger charge is -2.07. The first kappa shape index (κ1) is 14.8. The molecule has 1 N–H and O–H groups in total. The van der Waals surface area contributed by atoms with Crippen LogP contribution in [0.5, 0.6) is 0 Å². The van der Waals surface area contributed by atoms with Crippen molar-refractivity contribution in [3.63, 3.8) is 0 Å². The fraction of sp³-hybridized carbons (Fsp3) is 0.500. The maximum absolute atomic E-state index is 5.36. The minimum Gasteiger partial charge on any atom is -0.439 e. The van der Waals surface area contributed by atoms with Gasteiger partial charge in [0, 0.05) is 19.0 Å². The van der Waals surface area contributed by atoms with Gasteiger partial charge >= 0.3 is 0 Å². The molecule has 0 radical (unpaired) electrons. The summed E-state index contributed by atoms with van der Waals surface area (Å²) >= 11 is 1.43. The summed E-state index contributed by atoms with van der Waals surface area (Å²) in [5.41, 5.74) is 0.875. The monoisotopic (exact) mass is 292 g/mol. The zero-order valence-corrected chi connectivity index (χ0v) is 13.0. The molecule has 2 aromatic rings. The van der Waals surface area contributed by atoms with E-state index in [0.717, 1.165) is 48.2 Å². The normalized spacial score (nSPS) is 10.8. The van der Waals surface area contributed by atoms with Crippen molar-refractivity contribution < 1.29 is 4.42 Å². The van der Waals surface area contributed by atoms with Crippen LogP contribution in [-0.2, 0) is 6.42 Å². The highest BCUT2D eigenvalue weighted by molar-refractivity contribution is 7.99. The fourth-order valence-corrected chi connectivity index (χ4v) is 2.46. The van der Waals surface area contributed by atoms with Gasteiger partial charge in [0.2, 0.25) is 0 Å². The van der Waals surface area contributed by atoms with Crippen molar-refractivity contribution in [1.82, 2.24) is 15.0 Å². The quantitative estimate of drug-likeness (QED) is 0.785. The number of nitrogens with one attached hydrogen (secondary N) is 1. The van der Waals surface area contributed by atoms with Gasteiger partial charge in [0.1, 0.15) is 22.9 Å². The molecule has 6 heteroatoms. The Balaban J connectivity index is 2.18.